The number of thiophene rings is 1. The molecule has 2 fully saturated rings. The van der Waals surface area contributed by atoms with Crippen LogP contribution in [0, 0.1) is 0 Å². The molecule has 7 nitrogen and oxygen atoms in total. The molecule has 0 aliphatic carbocycles. The lowest BCUT2D eigenvalue weighted by atomic mass is 10.1. The topological polar surface area (TPSA) is 62.3 Å². The maximum Gasteiger partial charge on any atom is 0.264 e. The second kappa shape index (κ2) is 9.50. The molecule has 8 heteroatoms. The molecule has 32 heavy (non-hydrogen) atoms. The van der Waals surface area contributed by atoms with Gasteiger partial charge in [0.15, 0.2) is 11.5 Å². The van der Waals surface area contributed by atoms with Crippen LogP contribution in [0.5, 0.6) is 11.5 Å². The Labute approximate surface area is 192 Å². The first kappa shape index (κ1) is 21.3. The van der Waals surface area contributed by atoms with E-state index in [1.54, 1.807) is 0 Å². The Bertz CT molecular complexity index is 977. The summed E-state index contributed by atoms with van der Waals surface area (Å²) in [4.78, 5) is 33.4. The largest absolute Gasteiger partial charge is 0.486 e. The van der Waals surface area contributed by atoms with Gasteiger partial charge in [0.25, 0.3) is 5.91 Å². The van der Waals surface area contributed by atoms with Crippen LogP contribution < -0.4 is 9.47 Å². The summed E-state index contributed by atoms with van der Waals surface area (Å²) in [7, 11) is 0. The normalized spacial score (nSPS) is 19.1. The Balaban J connectivity index is 1.16. The van der Waals surface area contributed by atoms with E-state index in [4.69, 9.17) is 9.47 Å². The SMILES string of the molecule is O=C(CN1CCN(C(=O)c2ccc(-c3ccc4c(c3)OCCO4)s2)CC1)N1CCCCC1. The fourth-order valence-electron chi connectivity index (χ4n) is 4.50. The number of ether oxygens (including phenoxy) is 2. The van der Waals surface area contributed by atoms with E-state index in [1.165, 1.54) is 17.8 Å². The van der Waals surface area contributed by atoms with E-state index in [0.29, 0.717) is 32.8 Å². The van der Waals surface area contributed by atoms with Gasteiger partial charge in [-0.1, -0.05) is 0 Å². The molecule has 0 spiro atoms. The number of piperazine rings is 1. The summed E-state index contributed by atoms with van der Waals surface area (Å²) in [5.41, 5.74) is 1.03. The lowest BCUT2D eigenvalue weighted by molar-refractivity contribution is -0.133. The number of nitrogens with zero attached hydrogens (tertiary/aromatic N) is 3. The summed E-state index contributed by atoms with van der Waals surface area (Å²) in [6.45, 7) is 6.17. The average molecular weight is 456 g/mol. The molecule has 2 amide bonds. The third-order valence-electron chi connectivity index (χ3n) is 6.37. The van der Waals surface area contributed by atoms with Crippen LogP contribution in [-0.4, -0.2) is 85.5 Å². The van der Waals surface area contributed by atoms with Gasteiger partial charge in [0.1, 0.15) is 13.2 Å². The monoisotopic (exact) mass is 455 g/mol. The van der Waals surface area contributed by atoms with Crippen LogP contribution in [0.1, 0.15) is 28.9 Å². The predicted octanol–water partition coefficient (Wildman–Crippen LogP) is 2.96. The van der Waals surface area contributed by atoms with Crippen molar-refractivity contribution in [3.63, 3.8) is 0 Å². The molecule has 3 aliphatic rings. The summed E-state index contributed by atoms with van der Waals surface area (Å²) in [6.07, 6.45) is 3.45. The molecule has 3 aliphatic heterocycles. The molecule has 170 valence electrons. The highest BCUT2D eigenvalue weighted by molar-refractivity contribution is 7.17. The van der Waals surface area contributed by atoms with Crippen LogP contribution in [-0.2, 0) is 4.79 Å². The van der Waals surface area contributed by atoms with E-state index in [9.17, 15) is 9.59 Å². The molecule has 1 aromatic carbocycles. The van der Waals surface area contributed by atoms with E-state index in [1.807, 2.05) is 40.1 Å². The van der Waals surface area contributed by atoms with Gasteiger partial charge < -0.3 is 19.3 Å². The van der Waals surface area contributed by atoms with E-state index >= 15 is 0 Å². The van der Waals surface area contributed by atoms with E-state index in [0.717, 1.165) is 65.8 Å². The lowest BCUT2D eigenvalue weighted by Gasteiger charge is -2.35. The molecule has 0 saturated carbocycles. The van der Waals surface area contributed by atoms with Gasteiger partial charge in [-0.3, -0.25) is 14.5 Å². The van der Waals surface area contributed by atoms with Crippen molar-refractivity contribution in [1.29, 1.82) is 0 Å². The van der Waals surface area contributed by atoms with E-state index in [-0.39, 0.29) is 11.8 Å². The van der Waals surface area contributed by atoms with Crippen LogP contribution in [0.25, 0.3) is 10.4 Å². The molecule has 0 radical (unpaired) electrons. The maximum atomic E-state index is 13.1. The minimum atomic E-state index is 0.0702. The molecular formula is C24H29N3O4S. The second-order valence-corrected chi connectivity index (χ2v) is 9.62. The van der Waals surface area contributed by atoms with Crippen LogP contribution in [0.15, 0.2) is 30.3 Å². The van der Waals surface area contributed by atoms with Gasteiger partial charge in [-0.15, -0.1) is 11.3 Å². The number of piperidine rings is 1. The minimum absolute atomic E-state index is 0.0702. The Kier molecular flexibility index (Phi) is 6.32. The number of rotatable bonds is 4. The van der Waals surface area contributed by atoms with Crippen molar-refractivity contribution in [2.24, 2.45) is 0 Å². The van der Waals surface area contributed by atoms with Crippen LogP contribution >= 0.6 is 11.3 Å². The molecule has 5 rings (SSSR count). The quantitative estimate of drug-likeness (QED) is 0.709. The fourth-order valence-corrected chi connectivity index (χ4v) is 5.47. The highest BCUT2D eigenvalue weighted by Gasteiger charge is 2.26. The van der Waals surface area contributed by atoms with Crippen molar-refractivity contribution in [3.8, 4) is 21.9 Å². The van der Waals surface area contributed by atoms with Gasteiger partial charge >= 0.3 is 0 Å². The Morgan fingerprint density at radius 1 is 0.812 bits per heavy atom. The molecule has 0 bridgehead atoms. The van der Waals surface area contributed by atoms with Gasteiger partial charge in [-0.05, 0) is 55.2 Å². The summed E-state index contributed by atoms with van der Waals surface area (Å²) in [5.74, 6) is 1.82. The van der Waals surface area contributed by atoms with Gasteiger partial charge in [-0.2, -0.15) is 0 Å². The highest BCUT2D eigenvalue weighted by atomic mass is 32.1. The molecule has 2 aromatic rings. The number of carbonyl (C=O) groups is 2. The van der Waals surface area contributed by atoms with Gasteiger partial charge in [0.2, 0.25) is 5.91 Å². The summed E-state index contributed by atoms with van der Waals surface area (Å²) in [6, 6.07) is 9.82. The van der Waals surface area contributed by atoms with Crippen LogP contribution in [0.4, 0.5) is 0 Å². The number of benzene rings is 1. The number of carbonyl (C=O) groups excluding carboxylic acids is 2. The zero-order valence-electron chi connectivity index (χ0n) is 18.3. The molecule has 4 heterocycles. The number of fused-ring (bicyclic) bond motifs is 1. The van der Waals surface area contributed by atoms with Crippen molar-refractivity contribution in [1.82, 2.24) is 14.7 Å². The maximum absolute atomic E-state index is 13.1. The van der Waals surface area contributed by atoms with Crippen LogP contribution in [0.3, 0.4) is 0 Å². The van der Waals surface area contributed by atoms with Gasteiger partial charge in [0, 0.05) is 44.1 Å². The smallest absolute Gasteiger partial charge is 0.264 e. The summed E-state index contributed by atoms with van der Waals surface area (Å²) >= 11 is 1.51. The molecule has 1 aromatic heterocycles. The second-order valence-electron chi connectivity index (χ2n) is 8.53. The first-order valence-corrected chi connectivity index (χ1v) is 12.3. The van der Waals surface area contributed by atoms with Crippen molar-refractivity contribution in [3.05, 3.63) is 35.2 Å². The van der Waals surface area contributed by atoms with E-state index < -0.39 is 0 Å². The van der Waals surface area contributed by atoms with Crippen LogP contribution in [0.2, 0.25) is 0 Å². The number of hydrogen-bond acceptors (Lipinski definition) is 6. The third-order valence-corrected chi connectivity index (χ3v) is 7.49. The standard InChI is InChI=1S/C24H29N3O4S/c28-23(26-8-2-1-3-9-26)17-25-10-12-27(13-11-25)24(29)22-7-6-21(32-22)18-4-5-19-20(16-18)31-15-14-30-19/h4-7,16H,1-3,8-15,17H2. The van der Waals surface area contributed by atoms with Crippen molar-refractivity contribution in [2.45, 2.75) is 19.3 Å². The zero-order valence-corrected chi connectivity index (χ0v) is 19.1. The molecule has 0 unspecified atom stereocenters. The lowest BCUT2D eigenvalue weighted by Crippen LogP contribution is -2.51. The number of hydrogen-bond donors (Lipinski definition) is 0. The Morgan fingerprint density at radius 2 is 1.56 bits per heavy atom. The average Bonchev–Trinajstić information content (AvgIpc) is 3.35. The zero-order chi connectivity index (χ0) is 21.9. The molecule has 2 saturated heterocycles. The predicted molar refractivity (Wildman–Crippen MR) is 124 cm³/mol. The van der Waals surface area contributed by atoms with Gasteiger partial charge in [0.05, 0.1) is 11.4 Å². The molecule has 0 atom stereocenters. The van der Waals surface area contributed by atoms with E-state index in [2.05, 4.69) is 4.90 Å². The summed E-state index contributed by atoms with van der Waals surface area (Å²) < 4.78 is 11.3. The number of likely N-dealkylation sites (tertiary alicyclic amines) is 1. The first-order valence-electron chi connectivity index (χ1n) is 11.5. The number of amides is 2. The third kappa shape index (κ3) is 4.61. The Morgan fingerprint density at radius 3 is 2.34 bits per heavy atom. The molecule has 0 N–H and O–H groups in total. The Hall–Kier alpha value is -2.58. The highest BCUT2D eigenvalue weighted by Crippen LogP contribution is 2.37. The van der Waals surface area contributed by atoms with Crippen molar-refractivity contribution >= 4 is 23.2 Å². The first-order chi connectivity index (χ1) is 15.7. The van der Waals surface area contributed by atoms with Crippen molar-refractivity contribution in [2.75, 3.05) is 59.0 Å². The van der Waals surface area contributed by atoms with Gasteiger partial charge in [-0.25, -0.2) is 0 Å². The molecular weight excluding hydrogens is 426 g/mol. The summed E-state index contributed by atoms with van der Waals surface area (Å²) in [5, 5.41) is 0. The minimum Gasteiger partial charge on any atom is -0.486 e. The van der Waals surface area contributed by atoms with Crippen molar-refractivity contribution < 1.29 is 19.1 Å². The fraction of sp³-hybridized carbons (Fsp3) is 0.500.